The lowest BCUT2D eigenvalue weighted by molar-refractivity contribution is 0.0979. The highest BCUT2D eigenvalue weighted by Crippen LogP contribution is 2.23. The summed E-state index contributed by atoms with van der Waals surface area (Å²) in [6.45, 7) is 2.48. The zero-order valence-corrected chi connectivity index (χ0v) is 13.1. The molecule has 106 valence electrons. The molecule has 0 aromatic heterocycles. The lowest BCUT2D eigenvalue weighted by Crippen LogP contribution is -2.11. The summed E-state index contributed by atoms with van der Waals surface area (Å²) < 4.78 is 6.26. The molecule has 2 aromatic rings. The molecule has 0 saturated carbocycles. The van der Waals surface area contributed by atoms with Crippen molar-refractivity contribution >= 4 is 21.7 Å². The number of nitrogens with zero attached hydrogens (tertiary/aromatic N) is 1. The van der Waals surface area contributed by atoms with E-state index in [0.717, 1.165) is 4.47 Å². The van der Waals surface area contributed by atoms with E-state index in [2.05, 4.69) is 22.0 Å². The van der Waals surface area contributed by atoms with Gasteiger partial charge in [-0.3, -0.25) is 4.79 Å². The minimum atomic E-state index is -0.795. The molecule has 4 heteroatoms. The van der Waals surface area contributed by atoms with Gasteiger partial charge < -0.3 is 4.74 Å². The van der Waals surface area contributed by atoms with Crippen LogP contribution in [0.5, 0.6) is 5.75 Å². The first-order chi connectivity index (χ1) is 10.2. The Morgan fingerprint density at radius 1 is 1.19 bits per heavy atom. The van der Waals surface area contributed by atoms with E-state index in [1.807, 2.05) is 19.1 Å². The van der Waals surface area contributed by atoms with Crippen molar-refractivity contribution < 1.29 is 9.53 Å². The summed E-state index contributed by atoms with van der Waals surface area (Å²) in [6.07, 6.45) is 0. The van der Waals surface area contributed by atoms with Gasteiger partial charge in [0.1, 0.15) is 11.7 Å². The number of halogens is 1. The Kier molecular flexibility index (Phi) is 5.13. The van der Waals surface area contributed by atoms with Gasteiger partial charge in [0, 0.05) is 10.0 Å². The van der Waals surface area contributed by atoms with Crippen LogP contribution >= 0.6 is 15.9 Å². The number of Topliss-reactive ketones (excluding diaryl/α,β-unsaturated/α-hetero) is 1. The number of ketones is 1. The van der Waals surface area contributed by atoms with E-state index in [-0.39, 0.29) is 5.78 Å². The van der Waals surface area contributed by atoms with Crippen LogP contribution < -0.4 is 4.74 Å². The second-order valence-electron chi connectivity index (χ2n) is 4.44. The largest absolute Gasteiger partial charge is 0.494 e. The molecule has 1 atom stereocenters. The molecule has 0 amide bonds. The van der Waals surface area contributed by atoms with Gasteiger partial charge in [0.15, 0.2) is 5.78 Å². The Labute approximate surface area is 132 Å². The maximum Gasteiger partial charge on any atom is 0.184 e. The van der Waals surface area contributed by atoms with E-state index in [1.54, 1.807) is 36.4 Å². The number of rotatable bonds is 5. The van der Waals surface area contributed by atoms with Crippen molar-refractivity contribution in [2.24, 2.45) is 0 Å². The summed E-state index contributed by atoms with van der Waals surface area (Å²) in [6, 6.07) is 16.2. The summed E-state index contributed by atoms with van der Waals surface area (Å²) in [5.41, 5.74) is 1.20. The zero-order chi connectivity index (χ0) is 15.2. The fourth-order valence-corrected chi connectivity index (χ4v) is 2.25. The molecule has 0 aliphatic carbocycles. The third-order valence-electron chi connectivity index (χ3n) is 3.04. The maximum absolute atomic E-state index is 12.5. The van der Waals surface area contributed by atoms with Gasteiger partial charge in [-0.05, 0) is 48.9 Å². The highest BCUT2D eigenvalue weighted by Gasteiger charge is 2.21. The number of nitriles is 1. The molecule has 0 saturated heterocycles. The standard InChI is InChI=1S/C17H14BrNO2/c1-2-21-15-9-5-13(6-10-15)17(20)16(11-19)12-3-7-14(18)8-4-12/h3-10,16H,2H2,1H3. The number of ether oxygens (including phenoxy) is 1. The minimum absolute atomic E-state index is 0.206. The summed E-state index contributed by atoms with van der Waals surface area (Å²) in [4.78, 5) is 12.5. The third kappa shape index (κ3) is 3.71. The lowest BCUT2D eigenvalue weighted by atomic mass is 9.92. The number of carbonyl (C=O) groups is 1. The minimum Gasteiger partial charge on any atom is -0.494 e. The number of benzene rings is 2. The summed E-state index contributed by atoms with van der Waals surface area (Å²) in [5, 5.41) is 9.31. The van der Waals surface area contributed by atoms with Crippen molar-refractivity contribution in [2.75, 3.05) is 6.61 Å². The average molecular weight is 344 g/mol. The predicted octanol–water partition coefficient (Wildman–Crippen LogP) is 4.34. The topological polar surface area (TPSA) is 50.1 Å². The molecule has 0 spiro atoms. The first-order valence-electron chi connectivity index (χ1n) is 6.58. The Balaban J connectivity index is 2.24. The van der Waals surface area contributed by atoms with E-state index in [1.165, 1.54) is 0 Å². The molecule has 3 nitrogen and oxygen atoms in total. The fraction of sp³-hybridized carbons (Fsp3) is 0.176. The van der Waals surface area contributed by atoms with Gasteiger partial charge in [0.2, 0.25) is 0 Å². The molecule has 2 rings (SSSR count). The SMILES string of the molecule is CCOc1ccc(C(=O)C(C#N)c2ccc(Br)cc2)cc1. The van der Waals surface area contributed by atoms with Gasteiger partial charge in [-0.15, -0.1) is 0 Å². The molecule has 0 aliphatic heterocycles. The molecule has 2 aromatic carbocycles. The molecule has 0 radical (unpaired) electrons. The van der Waals surface area contributed by atoms with Crippen LogP contribution in [-0.4, -0.2) is 12.4 Å². The smallest absolute Gasteiger partial charge is 0.184 e. The molecule has 0 N–H and O–H groups in total. The van der Waals surface area contributed by atoms with E-state index in [4.69, 9.17) is 4.74 Å². The van der Waals surface area contributed by atoms with Crippen LogP contribution in [0.3, 0.4) is 0 Å². The van der Waals surface area contributed by atoms with Gasteiger partial charge in [-0.2, -0.15) is 5.26 Å². The number of hydrogen-bond donors (Lipinski definition) is 0. The van der Waals surface area contributed by atoms with E-state index in [9.17, 15) is 10.1 Å². The maximum atomic E-state index is 12.5. The van der Waals surface area contributed by atoms with Gasteiger partial charge in [-0.25, -0.2) is 0 Å². The first-order valence-corrected chi connectivity index (χ1v) is 7.37. The van der Waals surface area contributed by atoms with Crippen LogP contribution in [0, 0.1) is 11.3 Å². The second kappa shape index (κ2) is 7.05. The fourth-order valence-electron chi connectivity index (χ4n) is 1.99. The van der Waals surface area contributed by atoms with Crippen LogP contribution in [0.4, 0.5) is 0 Å². The van der Waals surface area contributed by atoms with Gasteiger partial charge in [0.05, 0.1) is 12.7 Å². The van der Waals surface area contributed by atoms with Crippen LogP contribution in [-0.2, 0) is 0 Å². The van der Waals surface area contributed by atoms with Crippen molar-refractivity contribution in [1.82, 2.24) is 0 Å². The number of hydrogen-bond acceptors (Lipinski definition) is 3. The van der Waals surface area contributed by atoms with Crippen LogP contribution in [0.15, 0.2) is 53.0 Å². The quantitative estimate of drug-likeness (QED) is 0.758. The Hall–Kier alpha value is -2.12. The first kappa shape index (κ1) is 15.3. The molecular formula is C17H14BrNO2. The Bertz CT molecular complexity index is 657. The van der Waals surface area contributed by atoms with Crippen molar-refractivity contribution in [3.8, 4) is 11.8 Å². The van der Waals surface area contributed by atoms with Gasteiger partial charge in [0.25, 0.3) is 0 Å². The van der Waals surface area contributed by atoms with Crippen molar-refractivity contribution in [3.05, 3.63) is 64.1 Å². The van der Waals surface area contributed by atoms with Gasteiger partial charge in [-0.1, -0.05) is 28.1 Å². The van der Waals surface area contributed by atoms with Crippen molar-refractivity contribution in [3.63, 3.8) is 0 Å². The predicted molar refractivity (Wildman–Crippen MR) is 84.4 cm³/mol. The van der Waals surface area contributed by atoms with Gasteiger partial charge >= 0.3 is 0 Å². The van der Waals surface area contributed by atoms with E-state index >= 15 is 0 Å². The molecule has 0 bridgehead atoms. The van der Waals surface area contributed by atoms with Crippen LogP contribution in [0.2, 0.25) is 0 Å². The number of carbonyl (C=O) groups excluding carboxylic acids is 1. The van der Waals surface area contributed by atoms with Crippen molar-refractivity contribution in [1.29, 1.82) is 5.26 Å². The third-order valence-corrected chi connectivity index (χ3v) is 3.57. The molecular weight excluding hydrogens is 330 g/mol. The Morgan fingerprint density at radius 2 is 1.81 bits per heavy atom. The average Bonchev–Trinajstić information content (AvgIpc) is 2.51. The highest BCUT2D eigenvalue weighted by molar-refractivity contribution is 9.10. The van der Waals surface area contributed by atoms with E-state index in [0.29, 0.717) is 23.5 Å². The normalized spacial score (nSPS) is 11.5. The molecule has 0 heterocycles. The second-order valence-corrected chi connectivity index (χ2v) is 5.35. The summed E-state index contributed by atoms with van der Waals surface area (Å²) >= 11 is 3.34. The molecule has 0 fully saturated rings. The van der Waals surface area contributed by atoms with Crippen LogP contribution in [0.25, 0.3) is 0 Å². The summed E-state index contributed by atoms with van der Waals surface area (Å²) in [7, 11) is 0. The van der Waals surface area contributed by atoms with Crippen molar-refractivity contribution in [2.45, 2.75) is 12.8 Å². The molecule has 0 aliphatic rings. The molecule has 1 unspecified atom stereocenters. The van der Waals surface area contributed by atoms with E-state index < -0.39 is 5.92 Å². The monoisotopic (exact) mass is 343 g/mol. The molecule has 21 heavy (non-hydrogen) atoms. The van der Waals surface area contributed by atoms with Crippen LogP contribution in [0.1, 0.15) is 28.8 Å². The Morgan fingerprint density at radius 3 is 2.33 bits per heavy atom. The lowest BCUT2D eigenvalue weighted by Gasteiger charge is -2.09. The highest BCUT2D eigenvalue weighted by atomic mass is 79.9. The zero-order valence-electron chi connectivity index (χ0n) is 11.5. The summed E-state index contributed by atoms with van der Waals surface area (Å²) in [5.74, 6) is -0.287.